The Bertz CT molecular complexity index is 1110. The Labute approximate surface area is 190 Å². The highest BCUT2D eigenvalue weighted by molar-refractivity contribution is 6.16. The van der Waals surface area contributed by atoms with Crippen molar-refractivity contribution in [2.75, 3.05) is 7.11 Å². The highest BCUT2D eigenvalue weighted by Gasteiger charge is 2.40. The van der Waals surface area contributed by atoms with Crippen LogP contribution in [0.25, 0.3) is 11.8 Å². The number of ether oxygens (including phenoxy) is 1. The fourth-order valence-corrected chi connectivity index (χ4v) is 5.16. The first kappa shape index (κ1) is 22.1. The molecule has 1 aromatic carbocycles. The number of carbonyl (C=O) groups is 2. The molecule has 4 rings (SSSR count). The van der Waals surface area contributed by atoms with Gasteiger partial charge in [-0.2, -0.15) is 0 Å². The minimum absolute atomic E-state index is 0.0880. The van der Waals surface area contributed by atoms with E-state index in [4.69, 9.17) is 4.74 Å². The van der Waals surface area contributed by atoms with Gasteiger partial charge < -0.3 is 14.2 Å². The second-order valence-electron chi connectivity index (χ2n) is 8.97. The molecule has 0 spiro atoms. The van der Waals surface area contributed by atoms with Crippen LogP contribution in [0.1, 0.15) is 61.5 Å². The molecule has 2 heterocycles. The van der Waals surface area contributed by atoms with Gasteiger partial charge in [-0.1, -0.05) is 37.0 Å². The highest BCUT2D eigenvalue weighted by atomic mass is 16.5. The maximum absolute atomic E-state index is 13.6. The van der Waals surface area contributed by atoms with E-state index in [9.17, 15) is 9.59 Å². The van der Waals surface area contributed by atoms with Gasteiger partial charge in [-0.15, -0.1) is 0 Å². The van der Waals surface area contributed by atoms with Crippen molar-refractivity contribution in [3.63, 3.8) is 0 Å². The number of carbonyl (C=O) groups excluding carboxylic acids is 2. The van der Waals surface area contributed by atoms with Gasteiger partial charge in [0.2, 0.25) is 0 Å². The summed E-state index contributed by atoms with van der Waals surface area (Å²) >= 11 is 0. The molecule has 1 aliphatic heterocycles. The lowest BCUT2D eigenvalue weighted by atomic mass is 9.94. The molecule has 1 aliphatic carbocycles. The summed E-state index contributed by atoms with van der Waals surface area (Å²) in [4.78, 5) is 28.1. The minimum Gasteiger partial charge on any atom is -0.465 e. The molecule has 1 fully saturated rings. The number of aryl methyl sites for hydroxylation is 2. The summed E-state index contributed by atoms with van der Waals surface area (Å²) in [7, 11) is 1.37. The van der Waals surface area contributed by atoms with Gasteiger partial charge in [-0.3, -0.25) is 4.79 Å². The van der Waals surface area contributed by atoms with Crippen LogP contribution in [0.2, 0.25) is 0 Å². The van der Waals surface area contributed by atoms with Gasteiger partial charge in [0.05, 0.1) is 18.3 Å². The number of allylic oxidation sites excluding steroid dienone is 1. The average Bonchev–Trinajstić information content (AvgIpc) is 3.20. The van der Waals surface area contributed by atoms with Gasteiger partial charge >= 0.3 is 5.97 Å². The lowest BCUT2D eigenvalue weighted by molar-refractivity contribution is -0.136. The van der Waals surface area contributed by atoms with E-state index < -0.39 is 5.97 Å². The second-order valence-corrected chi connectivity index (χ2v) is 8.97. The van der Waals surface area contributed by atoms with E-state index in [1.165, 1.54) is 19.1 Å². The zero-order valence-corrected chi connectivity index (χ0v) is 19.7. The zero-order chi connectivity index (χ0) is 23.0. The maximum atomic E-state index is 13.6. The summed E-state index contributed by atoms with van der Waals surface area (Å²) in [6.07, 6.45) is 7.27. The van der Waals surface area contributed by atoms with E-state index >= 15 is 0 Å². The average molecular weight is 433 g/mol. The van der Waals surface area contributed by atoms with Crippen molar-refractivity contribution in [2.24, 2.45) is 0 Å². The third-order valence-electron chi connectivity index (χ3n) is 6.83. The van der Waals surface area contributed by atoms with Crippen LogP contribution >= 0.6 is 0 Å². The summed E-state index contributed by atoms with van der Waals surface area (Å²) < 4.78 is 7.25. The van der Waals surface area contributed by atoms with Gasteiger partial charge in [0, 0.05) is 28.8 Å². The van der Waals surface area contributed by atoms with Crippen molar-refractivity contribution in [3.8, 4) is 5.69 Å². The predicted molar refractivity (Wildman–Crippen MR) is 126 cm³/mol. The molecule has 0 N–H and O–H groups in total. The van der Waals surface area contributed by atoms with Crippen LogP contribution in [0, 0.1) is 20.8 Å². The third-order valence-corrected chi connectivity index (χ3v) is 6.83. The molecule has 0 radical (unpaired) electrons. The third kappa shape index (κ3) is 3.81. The van der Waals surface area contributed by atoms with E-state index in [0.29, 0.717) is 16.8 Å². The molecule has 0 saturated heterocycles. The summed E-state index contributed by atoms with van der Waals surface area (Å²) in [6, 6.07) is 10.6. The van der Waals surface area contributed by atoms with Crippen LogP contribution in [0.4, 0.5) is 0 Å². The van der Waals surface area contributed by atoms with Gasteiger partial charge in [0.25, 0.3) is 5.91 Å². The number of nitrogens with zero attached hydrogens (tertiary/aromatic N) is 2. The molecule has 1 aromatic heterocycles. The van der Waals surface area contributed by atoms with Crippen LogP contribution in [0.3, 0.4) is 0 Å². The molecular weight excluding hydrogens is 400 g/mol. The fraction of sp³-hybridized carbons (Fsp3) is 0.407. The Morgan fingerprint density at radius 1 is 1.03 bits per heavy atom. The van der Waals surface area contributed by atoms with Crippen LogP contribution in [-0.2, 0) is 14.3 Å². The number of benzene rings is 1. The quantitative estimate of drug-likeness (QED) is 0.480. The molecule has 168 valence electrons. The van der Waals surface area contributed by atoms with Crippen molar-refractivity contribution in [1.29, 1.82) is 0 Å². The lowest BCUT2D eigenvalue weighted by Crippen LogP contribution is -2.37. The number of methoxy groups -OCH3 is 1. The Morgan fingerprint density at radius 2 is 1.69 bits per heavy atom. The van der Waals surface area contributed by atoms with Gasteiger partial charge in [0.1, 0.15) is 0 Å². The Morgan fingerprint density at radius 3 is 2.31 bits per heavy atom. The molecule has 2 aliphatic rings. The SMILES string of the molecule is COC(=O)C1=C(C)N(C2CCCCC2)C(=O)C1=Cc1cc(C)n(-c2ccc(C)cc2)c1C. The molecule has 32 heavy (non-hydrogen) atoms. The minimum atomic E-state index is -0.451. The van der Waals surface area contributed by atoms with Gasteiger partial charge in [-0.05, 0) is 70.4 Å². The van der Waals surface area contributed by atoms with Crippen molar-refractivity contribution in [3.05, 3.63) is 69.7 Å². The standard InChI is InChI=1S/C27H32N2O3/c1-17-11-13-23(14-12-17)28-18(2)15-21(19(28)3)16-24-25(27(31)32-5)20(4)29(26(24)30)22-9-7-6-8-10-22/h11-16,22H,6-10H2,1-5H3. The summed E-state index contributed by atoms with van der Waals surface area (Å²) in [5.74, 6) is -0.539. The molecule has 0 unspecified atom stereocenters. The lowest BCUT2D eigenvalue weighted by Gasteiger charge is -2.32. The number of esters is 1. The first-order chi connectivity index (χ1) is 15.3. The van der Waals surface area contributed by atoms with E-state index in [-0.39, 0.29) is 11.9 Å². The second kappa shape index (κ2) is 8.81. The Kier molecular flexibility index (Phi) is 6.09. The first-order valence-corrected chi connectivity index (χ1v) is 11.4. The van der Waals surface area contributed by atoms with E-state index in [0.717, 1.165) is 48.3 Å². The summed E-state index contributed by atoms with van der Waals surface area (Å²) in [5.41, 5.74) is 6.88. The largest absolute Gasteiger partial charge is 0.465 e. The molecule has 1 amide bonds. The van der Waals surface area contributed by atoms with Gasteiger partial charge in [-0.25, -0.2) is 4.79 Å². The molecule has 0 bridgehead atoms. The normalized spacial score (nSPS) is 18.7. The van der Waals surface area contributed by atoms with Crippen LogP contribution in [-0.4, -0.2) is 34.5 Å². The van der Waals surface area contributed by atoms with Crippen molar-refractivity contribution < 1.29 is 14.3 Å². The summed E-state index contributed by atoms with van der Waals surface area (Å²) in [5, 5.41) is 0. The van der Waals surface area contributed by atoms with Crippen molar-refractivity contribution in [1.82, 2.24) is 9.47 Å². The van der Waals surface area contributed by atoms with Crippen molar-refractivity contribution >= 4 is 18.0 Å². The maximum Gasteiger partial charge on any atom is 0.340 e. The number of amides is 1. The van der Waals surface area contributed by atoms with Crippen LogP contribution < -0.4 is 0 Å². The molecule has 2 aromatic rings. The molecule has 5 heteroatoms. The van der Waals surface area contributed by atoms with Crippen LogP contribution in [0.15, 0.2) is 47.2 Å². The highest BCUT2D eigenvalue weighted by Crippen LogP contribution is 2.37. The van der Waals surface area contributed by atoms with Crippen LogP contribution in [0.5, 0.6) is 0 Å². The summed E-state index contributed by atoms with van der Waals surface area (Å²) in [6.45, 7) is 8.05. The number of rotatable bonds is 4. The molecule has 5 nitrogen and oxygen atoms in total. The number of hydrogen-bond acceptors (Lipinski definition) is 3. The Balaban J connectivity index is 1.78. The van der Waals surface area contributed by atoms with Crippen molar-refractivity contribution in [2.45, 2.75) is 65.8 Å². The number of hydrogen-bond donors (Lipinski definition) is 0. The number of aromatic nitrogens is 1. The topological polar surface area (TPSA) is 51.5 Å². The predicted octanol–water partition coefficient (Wildman–Crippen LogP) is 5.41. The molecule has 1 saturated carbocycles. The van der Waals surface area contributed by atoms with E-state index in [1.54, 1.807) is 0 Å². The zero-order valence-electron chi connectivity index (χ0n) is 19.7. The smallest absolute Gasteiger partial charge is 0.340 e. The Hall–Kier alpha value is -3.08. The monoisotopic (exact) mass is 432 g/mol. The van der Waals surface area contributed by atoms with E-state index in [2.05, 4.69) is 48.7 Å². The first-order valence-electron chi connectivity index (χ1n) is 11.4. The molecular formula is C27H32N2O3. The van der Waals surface area contributed by atoms with E-state index in [1.807, 2.05) is 24.8 Å². The van der Waals surface area contributed by atoms with Gasteiger partial charge in [0.15, 0.2) is 0 Å². The fourth-order valence-electron chi connectivity index (χ4n) is 5.16. The molecule has 0 atom stereocenters.